The number of aromatic nitrogens is 3. The molecule has 7 heteroatoms. The van der Waals surface area contributed by atoms with E-state index < -0.39 is 0 Å². The first-order valence-corrected chi connectivity index (χ1v) is 11.0. The zero-order valence-electron chi connectivity index (χ0n) is 17.1. The van der Waals surface area contributed by atoms with Gasteiger partial charge in [0.15, 0.2) is 0 Å². The Labute approximate surface area is 183 Å². The van der Waals surface area contributed by atoms with Crippen LogP contribution < -0.4 is 14.8 Å². The average Bonchev–Trinajstić information content (AvgIpc) is 3.49. The number of benzene rings is 2. The smallest absolute Gasteiger partial charge is 0.226 e. The number of ether oxygens (including phenoxy) is 2. The summed E-state index contributed by atoms with van der Waals surface area (Å²) in [6.07, 6.45) is 1.33. The first kappa shape index (κ1) is 18.2. The van der Waals surface area contributed by atoms with Crippen LogP contribution >= 0.6 is 11.3 Å². The number of aryl methyl sites for hydroxylation is 1. The normalized spacial score (nSPS) is 19.0. The Balaban J connectivity index is 1.61. The second-order valence-corrected chi connectivity index (χ2v) is 8.65. The fourth-order valence-electron chi connectivity index (χ4n) is 4.36. The van der Waals surface area contributed by atoms with Gasteiger partial charge in [0.1, 0.15) is 30.0 Å². The van der Waals surface area contributed by atoms with Crippen LogP contribution in [0, 0.1) is 6.92 Å². The lowest BCUT2D eigenvalue weighted by Crippen LogP contribution is -2.32. The molecule has 0 saturated carbocycles. The number of methoxy groups -OCH3 is 1. The van der Waals surface area contributed by atoms with E-state index in [1.807, 2.05) is 22.9 Å². The molecule has 0 radical (unpaired) electrons. The molecule has 0 fully saturated rings. The Morgan fingerprint density at radius 3 is 2.77 bits per heavy atom. The minimum atomic E-state index is -0.270. The number of hydrogen-bond acceptors (Lipinski definition) is 6. The third-order valence-corrected chi connectivity index (χ3v) is 6.73. The molecule has 154 valence electrons. The number of anilines is 1. The Bertz CT molecular complexity index is 1290. The van der Waals surface area contributed by atoms with Crippen molar-refractivity contribution in [3.8, 4) is 11.5 Å². The van der Waals surface area contributed by atoms with Gasteiger partial charge in [0, 0.05) is 16.0 Å². The predicted molar refractivity (Wildman–Crippen MR) is 121 cm³/mol. The van der Waals surface area contributed by atoms with Gasteiger partial charge in [-0.2, -0.15) is 10.1 Å². The van der Waals surface area contributed by atoms with Crippen molar-refractivity contribution in [2.75, 3.05) is 12.4 Å². The predicted octanol–water partition coefficient (Wildman–Crippen LogP) is 5.22. The van der Waals surface area contributed by atoms with E-state index in [0.29, 0.717) is 0 Å². The van der Waals surface area contributed by atoms with E-state index in [0.717, 1.165) is 39.8 Å². The van der Waals surface area contributed by atoms with Crippen molar-refractivity contribution in [2.24, 2.45) is 0 Å². The van der Waals surface area contributed by atoms with E-state index in [1.165, 1.54) is 10.4 Å². The molecule has 2 aromatic carbocycles. The highest BCUT2D eigenvalue weighted by molar-refractivity contribution is 7.10. The van der Waals surface area contributed by atoms with Gasteiger partial charge in [0.2, 0.25) is 5.95 Å². The van der Waals surface area contributed by atoms with E-state index in [-0.39, 0.29) is 12.1 Å². The molecule has 1 N–H and O–H groups in total. The number of thiophene rings is 1. The maximum atomic E-state index is 6.64. The van der Waals surface area contributed by atoms with E-state index >= 15 is 0 Å². The lowest BCUT2D eigenvalue weighted by molar-refractivity contribution is 0.223. The van der Waals surface area contributed by atoms with Crippen LogP contribution in [0.2, 0.25) is 0 Å². The number of rotatable bonds is 3. The molecule has 4 aromatic rings. The molecular weight excluding hydrogens is 408 g/mol. The first-order chi connectivity index (χ1) is 15.2. The van der Waals surface area contributed by atoms with Crippen molar-refractivity contribution in [2.45, 2.75) is 19.1 Å². The molecule has 0 bridgehead atoms. The Morgan fingerprint density at radius 1 is 1.13 bits per heavy atom. The fourth-order valence-corrected chi connectivity index (χ4v) is 5.18. The molecule has 0 spiro atoms. The van der Waals surface area contributed by atoms with E-state index in [4.69, 9.17) is 9.47 Å². The van der Waals surface area contributed by atoms with Gasteiger partial charge >= 0.3 is 0 Å². The molecule has 2 atom stereocenters. The SMILES string of the molecule is COc1ccc([C@@H]2Oc3ccc(C)cc3C3=C2[C@@H](c2cccs2)n2ncnc2N3)cc1. The Morgan fingerprint density at radius 2 is 2.00 bits per heavy atom. The summed E-state index contributed by atoms with van der Waals surface area (Å²) in [5, 5.41) is 10.2. The quantitative estimate of drug-likeness (QED) is 0.485. The number of nitrogens with one attached hydrogen (secondary N) is 1. The second kappa shape index (κ2) is 6.99. The topological polar surface area (TPSA) is 61.2 Å². The van der Waals surface area contributed by atoms with Gasteiger partial charge < -0.3 is 14.8 Å². The highest BCUT2D eigenvalue weighted by Crippen LogP contribution is 2.51. The van der Waals surface area contributed by atoms with Crippen LogP contribution in [0.1, 0.15) is 33.7 Å². The van der Waals surface area contributed by atoms with E-state index in [2.05, 4.69) is 64.1 Å². The monoisotopic (exact) mass is 428 g/mol. The summed E-state index contributed by atoms with van der Waals surface area (Å²) in [6, 6.07) is 18.5. The summed E-state index contributed by atoms with van der Waals surface area (Å²) >= 11 is 1.71. The van der Waals surface area contributed by atoms with Crippen LogP contribution in [-0.2, 0) is 0 Å². The summed E-state index contributed by atoms with van der Waals surface area (Å²) in [4.78, 5) is 5.67. The standard InChI is InChI=1S/C24H20N4O2S/c1-14-5-10-18-17(12-14)21-20(23(30-18)15-6-8-16(29-2)9-7-15)22(19-4-3-11-31-19)28-24(27-21)25-13-26-28/h3-13,22-23H,1-2H3,(H,25,26,27)/t22-,23+/m1/s1. The van der Waals surface area contributed by atoms with Gasteiger partial charge in [0.05, 0.1) is 12.8 Å². The molecule has 2 aliphatic heterocycles. The molecule has 0 unspecified atom stereocenters. The van der Waals surface area contributed by atoms with Gasteiger partial charge in [-0.3, -0.25) is 0 Å². The van der Waals surface area contributed by atoms with Gasteiger partial charge in [0.25, 0.3) is 0 Å². The van der Waals surface area contributed by atoms with Crippen LogP contribution in [0.4, 0.5) is 5.95 Å². The minimum absolute atomic E-state index is 0.102. The van der Waals surface area contributed by atoms with Crippen molar-refractivity contribution in [1.82, 2.24) is 14.8 Å². The van der Waals surface area contributed by atoms with Crippen molar-refractivity contribution in [3.63, 3.8) is 0 Å². The largest absolute Gasteiger partial charge is 0.497 e. The summed E-state index contributed by atoms with van der Waals surface area (Å²) in [5.74, 6) is 2.41. The van der Waals surface area contributed by atoms with Crippen molar-refractivity contribution >= 4 is 23.0 Å². The minimum Gasteiger partial charge on any atom is -0.497 e. The summed E-state index contributed by atoms with van der Waals surface area (Å²) < 4.78 is 14.0. The summed E-state index contributed by atoms with van der Waals surface area (Å²) in [6.45, 7) is 2.10. The summed E-state index contributed by atoms with van der Waals surface area (Å²) in [7, 11) is 1.68. The van der Waals surface area contributed by atoms with Crippen molar-refractivity contribution < 1.29 is 9.47 Å². The van der Waals surface area contributed by atoms with Gasteiger partial charge in [-0.25, -0.2) is 4.68 Å². The molecule has 6 nitrogen and oxygen atoms in total. The zero-order valence-corrected chi connectivity index (χ0v) is 17.9. The Kier molecular flexibility index (Phi) is 4.11. The van der Waals surface area contributed by atoms with Gasteiger partial charge in [-0.05, 0) is 48.2 Å². The first-order valence-electron chi connectivity index (χ1n) is 10.1. The molecule has 6 rings (SSSR count). The van der Waals surface area contributed by atoms with Crippen molar-refractivity contribution in [3.05, 3.63) is 93.4 Å². The van der Waals surface area contributed by atoms with Crippen LogP contribution in [0.5, 0.6) is 11.5 Å². The van der Waals surface area contributed by atoms with Crippen LogP contribution in [-0.4, -0.2) is 21.9 Å². The molecule has 4 heterocycles. The van der Waals surface area contributed by atoms with Crippen molar-refractivity contribution in [1.29, 1.82) is 0 Å². The lowest BCUT2D eigenvalue weighted by Gasteiger charge is -2.38. The molecule has 2 aliphatic rings. The lowest BCUT2D eigenvalue weighted by atomic mass is 9.86. The van der Waals surface area contributed by atoms with Crippen LogP contribution in [0.3, 0.4) is 0 Å². The maximum absolute atomic E-state index is 6.64. The molecular formula is C24H20N4O2S. The number of hydrogen-bond donors (Lipinski definition) is 1. The third kappa shape index (κ3) is 2.84. The Hall–Kier alpha value is -3.58. The molecule has 0 saturated heterocycles. The number of fused-ring (bicyclic) bond motifs is 3. The summed E-state index contributed by atoms with van der Waals surface area (Å²) in [5.41, 5.74) is 5.47. The highest BCUT2D eigenvalue weighted by atomic mass is 32.1. The third-order valence-electron chi connectivity index (χ3n) is 5.80. The molecule has 0 aliphatic carbocycles. The van der Waals surface area contributed by atoms with Crippen LogP contribution in [0.15, 0.2) is 71.9 Å². The maximum Gasteiger partial charge on any atom is 0.226 e. The highest BCUT2D eigenvalue weighted by Gasteiger charge is 2.41. The molecule has 2 aromatic heterocycles. The van der Waals surface area contributed by atoms with Gasteiger partial charge in [-0.15, -0.1) is 11.3 Å². The molecule has 31 heavy (non-hydrogen) atoms. The average molecular weight is 429 g/mol. The molecule has 0 amide bonds. The van der Waals surface area contributed by atoms with Crippen LogP contribution in [0.25, 0.3) is 5.70 Å². The van der Waals surface area contributed by atoms with E-state index in [1.54, 1.807) is 24.8 Å². The number of nitrogens with zero attached hydrogens (tertiary/aromatic N) is 3. The second-order valence-electron chi connectivity index (χ2n) is 7.67. The van der Waals surface area contributed by atoms with Gasteiger partial charge in [-0.1, -0.05) is 29.8 Å². The fraction of sp³-hybridized carbons (Fsp3) is 0.167. The zero-order chi connectivity index (χ0) is 20.9. The van der Waals surface area contributed by atoms with E-state index in [9.17, 15) is 0 Å².